The Morgan fingerprint density at radius 2 is 1.09 bits per heavy atom. The number of hydrogen-bond donors (Lipinski definition) is 0. The second-order valence-electron chi connectivity index (χ2n) is 6.76. The molecule has 0 aliphatic heterocycles. The summed E-state index contributed by atoms with van der Waals surface area (Å²) in [5.41, 5.74) is 0.943. The topological polar surface area (TPSA) is 18.5 Å². The fourth-order valence-electron chi connectivity index (χ4n) is 2.35. The number of ether oxygens (including phenoxy) is 2. The molecule has 0 rings (SSSR count). The third-order valence-electron chi connectivity index (χ3n) is 3.01. The number of rotatable bonds is 13. The van der Waals surface area contributed by atoms with Crippen LogP contribution in [0.1, 0.15) is 54.4 Å². The van der Waals surface area contributed by atoms with Gasteiger partial charge in [-0.3, -0.25) is 0 Å². The van der Waals surface area contributed by atoms with E-state index in [0.717, 1.165) is 46.5 Å². The van der Waals surface area contributed by atoms with Crippen LogP contribution in [0.4, 0.5) is 0 Å². The zero-order chi connectivity index (χ0) is 17.2. The van der Waals surface area contributed by atoms with Crippen molar-refractivity contribution in [2.24, 2.45) is 0 Å². The van der Waals surface area contributed by atoms with Crippen LogP contribution in [0.25, 0.3) is 0 Å². The molecule has 0 spiro atoms. The molecule has 8 heteroatoms. The summed E-state index contributed by atoms with van der Waals surface area (Å²) in [6.07, 6.45) is 2.29. The molecule has 0 aromatic rings. The predicted octanol–water partition coefficient (Wildman–Crippen LogP) is 3.46. The molecule has 0 aliphatic rings. The molecule has 0 N–H and O–H groups in total. The molecule has 0 bridgehead atoms. The highest BCUT2D eigenvalue weighted by Gasteiger charge is 2.25. The van der Waals surface area contributed by atoms with Crippen molar-refractivity contribution in [2.45, 2.75) is 75.3 Å². The van der Waals surface area contributed by atoms with Gasteiger partial charge in [0.25, 0.3) is 0 Å². The summed E-state index contributed by atoms with van der Waals surface area (Å²) in [6, 6.07) is 0. The maximum Gasteiger partial charge on any atom is 0.0436 e. The Balaban J connectivity index is 3.98. The monoisotopic (exact) mass is 418 g/mol. The van der Waals surface area contributed by atoms with Gasteiger partial charge in [-0.2, -0.15) is 0 Å². The van der Waals surface area contributed by atoms with Crippen LogP contribution in [-0.2, 0) is 9.47 Å². The lowest BCUT2D eigenvalue weighted by atomic mass is 10.1. The highest BCUT2D eigenvalue weighted by molar-refractivity contribution is 9.26. The van der Waals surface area contributed by atoms with Crippen LogP contribution in [0.2, 0.25) is 0 Å². The average molecular weight is 419 g/mol. The Kier molecular flexibility index (Phi) is 13.1. The van der Waals surface area contributed by atoms with E-state index < -0.39 is 0 Å². The first-order valence-electron chi connectivity index (χ1n) is 8.05. The van der Waals surface area contributed by atoms with E-state index in [-0.39, 0.29) is 9.49 Å². The van der Waals surface area contributed by atoms with Gasteiger partial charge >= 0.3 is 0 Å². The summed E-state index contributed by atoms with van der Waals surface area (Å²) < 4.78 is 12.0. The molecule has 134 valence electrons. The Labute approximate surface area is 159 Å². The van der Waals surface area contributed by atoms with Crippen molar-refractivity contribution < 1.29 is 9.47 Å². The zero-order valence-corrected chi connectivity index (χ0v) is 22.7. The molecule has 0 saturated carbocycles. The van der Waals surface area contributed by atoms with Crippen LogP contribution in [-0.4, -0.2) is 54.6 Å². The maximum absolute atomic E-state index is 5.72. The van der Waals surface area contributed by atoms with Gasteiger partial charge in [-0.25, -0.2) is 0 Å². The van der Waals surface area contributed by atoms with Gasteiger partial charge in [-0.1, -0.05) is 21.6 Å². The fourth-order valence-corrected chi connectivity index (χ4v) is 13.7. The summed E-state index contributed by atoms with van der Waals surface area (Å²) in [5, 5.41) is 0. The molecule has 0 aromatic heterocycles. The van der Waals surface area contributed by atoms with Crippen molar-refractivity contribution >= 4 is 61.7 Å². The van der Waals surface area contributed by atoms with Crippen LogP contribution in [0.3, 0.4) is 0 Å². The van der Waals surface area contributed by atoms with E-state index in [1.807, 2.05) is 41.2 Å². The van der Waals surface area contributed by atoms with Crippen molar-refractivity contribution in [3.05, 3.63) is 0 Å². The van der Waals surface area contributed by atoms with Gasteiger partial charge in [-0.05, 0) is 74.0 Å². The minimum Gasteiger partial charge on any atom is -0.383 e. The highest BCUT2D eigenvalue weighted by Crippen LogP contribution is 2.53. The van der Waals surface area contributed by atoms with E-state index >= 15 is 0 Å². The van der Waals surface area contributed by atoms with Crippen molar-refractivity contribution in [1.29, 1.82) is 0 Å². The molecular formula is C14H34O2S4Si2. The van der Waals surface area contributed by atoms with Crippen LogP contribution in [0.15, 0.2) is 0 Å². The Morgan fingerprint density at radius 1 is 0.773 bits per heavy atom. The van der Waals surface area contributed by atoms with Crippen LogP contribution in [0.5, 0.6) is 0 Å². The van der Waals surface area contributed by atoms with E-state index in [2.05, 4.69) is 41.5 Å². The number of hydrogen-bond acceptors (Lipinski definition) is 6. The predicted molar refractivity (Wildman–Crippen MR) is 118 cm³/mol. The second kappa shape index (κ2) is 12.2. The Bertz CT molecular complexity index is 266. The van der Waals surface area contributed by atoms with Gasteiger partial charge in [0.2, 0.25) is 0 Å². The lowest BCUT2D eigenvalue weighted by Crippen LogP contribution is -2.25. The highest BCUT2D eigenvalue weighted by atomic mass is 33.7. The minimum absolute atomic E-state index is 0.273. The van der Waals surface area contributed by atoms with Crippen LogP contribution in [0, 0.1) is 0 Å². The summed E-state index contributed by atoms with van der Waals surface area (Å²) >= 11 is 0. The van der Waals surface area contributed by atoms with Gasteiger partial charge in [0.05, 0.1) is 0 Å². The van der Waals surface area contributed by atoms with E-state index in [1.165, 1.54) is 0 Å². The van der Waals surface area contributed by atoms with Gasteiger partial charge in [0.1, 0.15) is 0 Å². The molecular weight excluding hydrogens is 385 g/mol. The normalized spacial score (nSPS) is 16.1. The average Bonchev–Trinajstić information content (AvgIpc) is 2.34. The van der Waals surface area contributed by atoms with E-state index in [4.69, 9.17) is 9.47 Å². The molecule has 0 aliphatic carbocycles. The first kappa shape index (κ1) is 23.8. The summed E-state index contributed by atoms with van der Waals surface area (Å²) in [5.74, 6) is 0. The quantitative estimate of drug-likeness (QED) is 0.257. The van der Waals surface area contributed by atoms with Gasteiger partial charge in [0, 0.05) is 54.6 Å². The molecule has 2 nitrogen and oxygen atoms in total. The first-order valence-corrected chi connectivity index (χ1v) is 15.2. The van der Waals surface area contributed by atoms with E-state index in [0.29, 0.717) is 11.5 Å². The summed E-state index contributed by atoms with van der Waals surface area (Å²) in [7, 11) is 10.0. The fraction of sp³-hybridized carbons (Fsp3) is 1.00. The summed E-state index contributed by atoms with van der Waals surface area (Å²) in [4.78, 5) is 0. The lowest BCUT2D eigenvalue weighted by molar-refractivity contribution is 0.108. The molecule has 0 fully saturated rings. The Morgan fingerprint density at radius 3 is 1.36 bits per heavy atom. The van der Waals surface area contributed by atoms with Gasteiger partial charge in [-0.15, -0.1) is 0 Å². The standard InChI is InChI=1S/C14H34O2S4Si2/c1-7-15-11(21)9-13(3,4)17-19-20-18-14(5,6)10-12(22)16-8-2/h11-12H,7-10H2,1-6,21-22H3. The molecule has 2 atom stereocenters. The van der Waals surface area contributed by atoms with E-state index in [1.54, 1.807) is 0 Å². The molecule has 0 heterocycles. The molecule has 0 radical (unpaired) electrons. The second-order valence-corrected chi connectivity index (χ2v) is 16.4. The molecule has 0 amide bonds. The maximum atomic E-state index is 5.72. The third kappa shape index (κ3) is 13.1. The largest absolute Gasteiger partial charge is 0.383 e. The van der Waals surface area contributed by atoms with Gasteiger partial charge in [0.15, 0.2) is 0 Å². The lowest BCUT2D eigenvalue weighted by Gasteiger charge is -2.28. The minimum atomic E-state index is 0.273. The van der Waals surface area contributed by atoms with E-state index in [9.17, 15) is 0 Å². The molecule has 0 saturated heterocycles. The summed E-state index contributed by atoms with van der Waals surface area (Å²) in [6.45, 7) is 15.1. The van der Waals surface area contributed by atoms with Crippen molar-refractivity contribution in [3.8, 4) is 0 Å². The van der Waals surface area contributed by atoms with Crippen LogP contribution < -0.4 is 0 Å². The zero-order valence-electron chi connectivity index (χ0n) is 15.4. The smallest absolute Gasteiger partial charge is 0.0436 e. The SMILES string of the molecule is CCOC([SiH3])CC(C)(C)SSSSC(C)(C)CC([SiH3])OCC. The van der Waals surface area contributed by atoms with Gasteiger partial charge < -0.3 is 9.47 Å². The Hall–Kier alpha value is 1.75. The molecule has 22 heavy (non-hydrogen) atoms. The third-order valence-corrected chi connectivity index (χ3v) is 12.4. The van der Waals surface area contributed by atoms with Crippen molar-refractivity contribution in [3.63, 3.8) is 0 Å². The van der Waals surface area contributed by atoms with Crippen LogP contribution >= 0.6 is 41.2 Å². The first-order chi connectivity index (χ1) is 10.1. The van der Waals surface area contributed by atoms with Crippen molar-refractivity contribution in [2.75, 3.05) is 13.2 Å². The molecule has 0 aromatic carbocycles. The van der Waals surface area contributed by atoms with Crippen molar-refractivity contribution in [1.82, 2.24) is 0 Å². The molecule has 2 unspecified atom stereocenters.